The molecule has 2 fully saturated rings. The van der Waals surface area contributed by atoms with Gasteiger partial charge in [-0.25, -0.2) is 9.59 Å². The molecule has 1 aromatic rings. The standard InChI is InChI=1S/C19H24N4O5/c24-16-19(6-1-2-7-19)22-18(26)23(16)9-3-8-20-17(25)21-11-13-4-5-14-15(10-13)28-12-27-14/h4-5,10H,1-3,6-9,11-12H2,(H,22,26)(H2,20,21,25). The van der Waals surface area contributed by atoms with Gasteiger partial charge >= 0.3 is 12.1 Å². The van der Waals surface area contributed by atoms with Crippen molar-refractivity contribution >= 4 is 18.0 Å². The summed E-state index contributed by atoms with van der Waals surface area (Å²) in [5, 5.41) is 8.37. The highest BCUT2D eigenvalue weighted by Crippen LogP contribution is 2.35. The molecule has 0 atom stereocenters. The van der Waals surface area contributed by atoms with Crippen LogP contribution >= 0.6 is 0 Å². The second-order valence-corrected chi connectivity index (χ2v) is 7.33. The second kappa shape index (κ2) is 7.57. The molecule has 0 radical (unpaired) electrons. The van der Waals surface area contributed by atoms with E-state index in [0.717, 1.165) is 18.4 Å². The number of ether oxygens (including phenoxy) is 2. The average Bonchev–Trinajstić information content (AvgIpc) is 3.39. The Labute approximate surface area is 162 Å². The van der Waals surface area contributed by atoms with Crippen molar-refractivity contribution in [3.8, 4) is 11.5 Å². The monoisotopic (exact) mass is 388 g/mol. The van der Waals surface area contributed by atoms with E-state index < -0.39 is 5.54 Å². The van der Waals surface area contributed by atoms with Crippen LogP contribution in [0, 0.1) is 0 Å². The van der Waals surface area contributed by atoms with E-state index in [2.05, 4.69) is 16.0 Å². The Morgan fingerprint density at radius 2 is 1.93 bits per heavy atom. The minimum atomic E-state index is -0.674. The zero-order valence-electron chi connectivity index (χ0n) is 15.6. The number of carbonyl (C=O) groups excluding carboxylic acids is 3. The summed E-state index contributed by atoms with van der Waals surface area (Å²) in [5.41, 5.74) is 0.229. The van der Waals surface area contributed by atoms with Crippen molar-refractivity contribution in [1.82, 2.24) is 20.9 Å². The molecule has 5 amide bonds. The Bertz CT molecular complexity index is 791. The molecule has 1 saturated heterocycles. The number of hydrogen-bond acceptors (Lipinski definition) is 5. The molecule has 1 spiro atoms. The molecule has 0 unspecified atom stereocenters. The molecule has 150 valence electrons. The van der Waals surface area contributed by atoms with Gasteiger partial charge < -0.3 is 25.4 Å². The fourth-order valence-corrected chi connectivity index (χ4v) is 3.93. The molecule has 3 aliphatic rings. The molecule has 2 aliphatic heterocycles. The van der Waals surface area contributed by atoms with E-state index in [-0.39, 0.29) is 24.8 Å². The van der Waals surface area contributed by atoms with Gasteiger partial charge in [-0.15, -0.1) is 0 Å². The van der Waals surface area contributed by atoms with Gasteiger partial charge in [0.2, 0.25) is 6.79 Å². The predicted octanol–water partition coefficient (Wildman–Crippen LogP) is 1.47. The minimum absolute atomic E-state index is 0.123. The molecule has 1 aliphatic carbocycles. The number of urea groups is 2. The molecular weight excluding hydrogens is 364 g/mol. The normalized spacial score (nSPS) is 19.2. The molecule has 9 nitrogen and oxygen atoms in total. The molecule has 1 saturated carbocycles. The first-order valence-corrected chi connectivity index (χ1v) is 9.62. The smallest absolute Gasteiger partial charge is 0.325 e. The van der Waals surface area contributed by atoms with Gasteiger partial charge in [0.1, 0.15) is 5.54 Å². The van der Waals surface area contributed by atoms with Gasteiger partial charge in [-0.3, -0.25) is 9.69 Å². The minimum Gasteiger partial charge on any atom is -0.454 e. The summed E-state index contributed by atoms with van der Waals surface area (Å²) in [6.45, 7) is 1.25. The topological polar surface area (TPSA) is 109 Å². The van der Waals surface area contributed by atoms with Crippen LogP contribution in [0.15, 0.2) is 18.2 Å². The average molecular weight is 388 g/mol. The number of amides is 5. The van der Waals surface area contributed by atoms with E-state index in [1.54, 1.807) is 0 Å². The third kappa shape index (κ3) is 3.56. The first-order valence-electron chi connectivity index (χ1n) is 9.62. The molecule has 1 aromatic carbocycles. The number of nitrogens with zero attached hydrogens (tertiary/aromatic N) is 1. The van der Waals surface area contributed by atoms with Gasteiger partial charge in [0, 0.05) is 19.6 Å². The fraction of sp³-hybridized carbons (Fsp3) is 0.526. The number of benzene rings is 1. The fourth-order valence-electron chi connectivity index (χ4n) is 3.93. The largest absolute Gasteiger partial charge is 0.454 e. The van der Waals surface area contributed by atoms with Crippen LogP contribution in [-0.2, 0) is 11.3 Å². The van der Waals surface area contributed by atoms with Crippen molar-refractivity contribution in [2.75, 3.05) is 19.9 Å². The lowest BCUT2D eigenvalue weighted by Gasteiger charge is -2.20. The van der Waals surface area contributed by atoms with Crippen LogP contribution in [0.3, 0.4) is 0 Å². The van der Waals surface area contributed by atoms with Crippen LogP contribution in [-0.4, -0.2) is 48.3 Å². The van der Waals surface area contributed by atoms with E-state index in [1.807, 2.05) is 18.2 Å². The van der Waals surface area contributed by atoms with Crippen molar-refractivity contribution in [3.05, 3.63) is 23.8 Å². The SMILES string of the molecule is O=C(NCCCN1C(=O)NC2(CCCC2)C1=O)NCc1ccc2c(c1)OCO2. The van der Waals surface area contributed by atoms with E-state index in [1.165, 1.54) is 4.90 Å². The Kier molecular flexibility index (Phi) is 4.97. The lowest BCUT2D eigenvalue weighted by molar-refractivity contribution is -0.131. The van der Waals surface area contributed by atoms with Crippen LogP contribution in [0.5, 0.6) is 11.5 Å². The maximum atomic E-state index is 12.5. The van der Waals surface area contributed by atoms with Crippen molar-refractivity contribution in [2.24, 2.45) is 0 Å². The molecule has 0 aromatic heterocycles. The van der Waals surface area contributed by atoms with Gasteiger partial charge in [-0.2, -0.15) is 0 Å². The quantitative estimate of drug-likeness (QED) is 0.505. The zero-order valence-corrected chi connectivity index (χ0v) is 15.6. The Balaban J connectivity index is 1.17. The number of rotatable bonds is 6. The molecule has 9 heteroatoms. The summed E-state index contributed by atoms with van der Waals surface area (Å²) in [6, 6.07) is 4.89. The molecule has 3 N–H and O–H groups in total. The summed E-state index contributed by atoms with van der Waals surface area (Å²) in [5.74, 6) is 1.25. The molecule has 2 heterocycles. The van der Waals surface area contributed by atoms with Crippen LogP contribution in [0.25, 0.3) is 0 Å². The number of carbonyl (C=O) groups is 3. The van der Waals surface area contributed by atoms with E-state index in [4.69, 9.17) is 9.47 Å². The first kappa shape index (κ1) is 18.4. The summed E-state index contributed by atoms with van der Waals surface area (Å²) in [6.07, 6.45) is 3.87. The van der Waals surface area contributed by atoms with Gasteiger partial charge in [0.25, 0.3) is 5.91 Å². The number of fused-ring (bicyclic) bond motifs is 1. The molecular formula is C19H24N4O5. The number of imide groups is 1. The van der Waals surface area contributed by atoms with Gasteiger partial charge in [0.05, 0.1) is 0 Å². The van der Waals surface area contributed by atoms with Crippen molar-refractivity contribution in [2.45, 2.75) is 44.2 Å². The van der Waals surface area contributed by atoms with E-state index in [0.29, 0.717) is 50.4 Å². The van der Waals surface area contributed by atoms with Gasteiger partial charge in [0.15, 0.2) is 11.5 Å². The number of hydrogen-bond donors (Lipinski definition) is 3. The van der Waals surface area contributed by atoms with E-state index >= 15 is 0 Å². The molecule has 28 heavy (non-hydrogen) atoms. The highest BCUT2D eigenvalue weighted by molar-refractivity contribution is 6.07. The Morgan fingerprint density at radius 1 is 1.14 bits per heavy atom. The third-order valence-corrected chi connectivity index (χ3v) is 5.44. The molecule has 4 rings (SSSR count). The summed E-state index contributed by atoms with van der Waals surface area (Å²) in [4.78, 5) is 37.8. The summed E-state index contributed by atoms with van der Waals surface area (Å²) >= 11 is 0. The molecule has 0 bridgehead atoms. The van der Waals surface area contributed by atoms with Crippen molar-refractivity contribution < 1.29 is 23.9 Å². The predicted molar refractivity (Wildman–Crippen MR) is 98.9 cm³/mol. The maximum Gasteiger partial charge on any atom is 0.325 e. The number of nitrogens with one attached hydrogen (secondary N) is 3. The van der Waals surface area contributed by atoms with Crippen LogP contribution in [0.4, 0.5) is 9.59 Å². The highest BCUT2D eigenvalue weighted by Gasteiger charge is 2.51. The van der Waals surface area contributed by atoms with Crippen LogP contribution in [0.2, 0.25) is 0 Å². The lowest BCUT2D eigenvalue weighted by atomic mass is 9.98. The zero-order chi connectivity index (χ0) is 19.6. The van der Waals surface area contributed by atoms with Crippen molar-refractivity contribution in [1.29, 1.82) is 0 Å². The Morgan fingerprint density at radius 3 is 2.75 bits per heavy atom. The van der Waals surface area contributed by atoms with Crippen LogP contribution in [0.1, 0.15) is 37.7 Å². The lowest BCUT2D eigenvalue weighted by Crippen LogP contribution is -2.44. The summed E-state index contributed by atoms with van der Waals surface area (Å²) in [7, 11) is 0. The third-order valence-electron chi connectivity index (χ3n) is 5.44. The van der Waals surface area contributed by atoms with E-state index in [9.17, 15) is 14.4 Å². The maximum absolute atomic E-state index is 12.5. The highest BCUT2D eigenvalue weighted by atomic mass is 16.7. The van der Waals surface area contributed by atoms with Gasteiger partial charge in [-0.05, 0) is 37.0 Å². The van der Waals surface area contributed by atoms with Crippen LogP contribution < -0.4 is 25.4 Å². The summed E-state index contributed by atoms with van der Waals surface area (Å²) < 4.78 is 10.6. The second-order valence-electron chi connectivity index (χ2n) is 7.33. The first-order chi connectivity index (χ1) is 13.6. The Hall–Kier alpha value is -2.97. The van der Waals surface area contributed by atoms with Gasteiger partial charge in [-0.1, -0.05) is 18.9 Å². The van der Waals surface area contributed by atoms with Crippen molar-refractivity contribution in [3.63, 3.8) is 0 Å².